The average Bonchev–Trinajstić information content (AvgIpc) is 3.54. The highest BCUT2D eigenvalue weighted by molar-refractivity contribution is 5.87. The second-order valence-corrected chi connectivity index (χ2v) is 8.97. The first-order valence-electron chi connectivity index (χ1n) is 12.5. The lowest BCUT2D eigenvalue weighted by atomic mass is 10.00. The zero-order chi connectivity index (χ0) is 28.2. The maximum absolute atomic E-state index is 13.2. The maximum Gasteiger partial charge on any atom is 0.303 e. The van der Waals surface area contributed by atoms with Gasteiger partial charge in [0.25, 0.3) is 11.8 Å². The molecule has 6 atom stereocenters. The van der Waals surface area contributed by atoms with E-state index in [2.05, 4.69) is 10.6 Å². The Kier molecular flexibility index (Phi) is 12.4. The summed E-state index contributed by atoms with van der Waals surface area (Å²) in [5, 5.41) is 5.13. The first-order chi connectivity index (χ1) is 18.0. The summed E-state index contributed by atoms with van der Waals surface area (Å²) in [5.74, 6) is -5.54. The molecular weight excluding hydrogens is 508 g/mol. The molecule has 2 fully saturated rings. The zero-order valence-electron chi connectivity index (χ0n) is 22.0. The van der Waals surface area contributed by atoms with Crippen LogP contribution < -0.4 is 10.6 Å². The maximum atomic E-state index is 13.2. The Morgan fingerprint density at radius 1 is 0.632 bits per heavy atom. The molecule has 14 nitrogen and oxygen atoms in total. The molecule has 2 rings (SSSR count). The molecule has 2 aliphatic rings. The number of esters is 4. The van der Waals surface area contributed by atoms with Crippen LogP contribution in [-0.2, 0) is 57.2 Å². The van der Waals surface area contributed by atoms with Crippen molar-refractivity contribution < 1.29 is 57.2 Å². The number of carbonyl (C=O) groups is 6. The van der Waals surface area contributed by atoms with Crippen molar-refractivity contribution in [1.82, 2.24) is 10.6 Å². The van der Waals surface area contributed by atoms with E-state index in [9.17, 15) is 28.8 Å². The second kappa shape index (κ2) is 15.2. The molecule has 2 saturated heterocycles. The summed E-state index contributed by atoms with van der Waals surface area (Å²) in [6, 6.07) is 0. The fourth-order valence-electron chi connectivity index (χ4n) is 4.12. The van der Waals surface area contributed by atoms with Crippen LogP contribution in [0.5, 0.6) is 0 Å². The summed E-state index contributed by atoms with van der Waals surface area (Å²) in [6.45, 7) is 5.24. The molecular formula is C24H36N2O12. The third-order valence-electron chi connectivity index (χ3n) is 5.68. The van der Waals surface area contributed by atoms with Crippen LogP contribution in [0.1, 0.15) is 53.4 Å². The highest BCUT2D eigenvalue weighted by Crippen LogP contribution is 2.21. The zero-order valence-corrected chi connectivity index (χ0v) is 22.0. The van der Waals surface area contributed by atoms with Crippen LogP contribution in [0.25, 0.3) is 0 Å². The van der Waals surface area contributed by atoms with E-state index in [-0.39, 0.29) is 25.3 Å². The predicted octanol–water partition coefficient (Wildman–Crippen LogP) is -0.696. The minimum atomic E-state index is -1.87. The molecule has 0 bridgehead atoms. The van der Waals surface area contributed by atoms with E-state index in [0.717, 1.165) is 40.5 Å². The number of hydrogen-bond acceptors (Lipinski definition) is 12. The molecule has 2 amide bonds. The van der Waals surface area contributed by atoms with Crippen molar-refractivity contribution in [1.29, 1.82) is 0 Å². The molecule has 2 aliphatic heterocycles. The highest BCUT2D eigenvalue weighted by atomic mass is 16.6. The lowest BCUT2D eigenvalue weighted by Crippen LogP contribution is -2.59. The van der Waals surface area contributed by atoms with E-state index in [4.69, 9.17) is 28.4 Å². The first-order valence-corrected chi connectivity index (χ1v) is 12.5. The number of rotatable bonds is 13. The summed E-state index contributed by atoms with van der Waals surface area (Å²) in [4.78, 5) is 74.3. The van der Waals surface area contributed by atoms with Gasteiger partial charge in [0.05, 0.1) is 12.2 Å². The molecule has 0 radical (unpaired) electrons. The van der Waals surface area contributed by atoms with E-state index >= 15 is 0 Å². The molecule has 0 saturated carbocycles. The van der Waals surface area contributed by atoms with Crippen LogP contribution in [0, 0.1) is 0 Å². The van der Waals surface area contributed by atoms with Gasteiger partial charge < -0.3 is 39.1 Å². The molecule has 0 aromatic rings. The molecule has 0 aromatic carbocycles. The van der Waals surface area contributed by atoms with Crippen molar-refractivity contribution in [2.24, 2.45) is 0 Å². The van der Waals surface area contributed by atoms with Gasteiger partial charge in [-0.15, -0.1) is 0 Å². The topological polar surface area (TPSA) is 182 Å². The second-order valence-electron chi connectivity index (χ2n) is 8.97. The van der Waals surface area contributed by atoms with Crippen LogP contribution in [0.3, 0.4) is 0 Å². The van der Waals surface area contributed by atoms with Crippen molar-refractivity contribution in [3.05, 3.63) is 0 Å². The Hall–Kier alpha value is -3.26. The van der Waals surface area contributed by atoms with Crippen LogP contribution in [0.2, 0.25) is 0 Å². The molecule has 2 N–H and O–H groups in total. The highest BCUT2D eigenvalue weighted by Gasteiger charge is 2.49. The lowest BCUT2D eigenvalue weighted by molar-refractivity contribution is -0.200. The standard InChI is InChI=1S/C24H36N2O12/c1-13(27)35-19(21(37-15(3)29)23(31)25-11-17-7-5-9-33-17)20(36-14(2)28)22(38-16(4)30)24(32)26-12-18-8-6-10-34-18/h17-22H,5-12H2,1-4H3,(H,25,31)(H,26,32)/t17-,18-,19-,20-,21-,22+/m0/s1. The van der Waals surface area contributed by atoms with Gasteiger partial charge in [0.15, 0.2) is 12.2 Å². The van der Waals surface area contributed by atoms with Crippen molar-refractivity contribution in [3.63, 3.8) is 0 Å². The number of nitrogens with one attached hydrogen (secondary N) is 2. The average molecular weight is 545 g/mol. The Morgan fingerprint density at radius 2 is 0.974 bits per heavy atom. The van der Waals surface area contributed by atoms with Gasteiger partial charge in [-0.05, 0) is 25.7 Å². The van der Waals surface area contributed by atoms with E-state index in [1.54, 1.807) is 0 Å². The minimum Gasteiger partial charge on any atom is -0.454 e. The number of ether oxygens (including phenoxy) is 6. The van der Waals surface area contributed by atoms with E-state index in [1.165, 1.54) is 0 Å². The molecule has 2 heterocycles. The predicted molar refractivity (Wildman–Crippen MR) is 126 cm³/mol. The van der Waals surface area contributed by atoms with Crippen LogP contribution in [0.15, 0.2) is 0 Å². The summed E-state index contributed by atoms with van der Waals surface area (Å²) >= 11 is 0. The molecule has 0 unspecified atom stereocenters. The molecule has 0 aliphatic carbocycles. The van der Waals surface area contributed by atoms with Crippen LogP contribution in [0.4, 0.5) is 0 Å². The van der Waals surface area contributed by atoms with Crippen molar-refractivity contribution in [3.8, 4) is 0 Å². The van der Waals surface area contributed by atoms with Gasteiger partial charge in [0, 0.05) is 54.0 Å². The monoisotopic (exact) mass is 544 g/mol. The van der Waals surface area contributed by atoms with Gasteiger partial charge in [-0.3, -0.25) is 28.8 Å². The third kappa shape index (κ3) is 10.2. The summed E-state index contributed by atoms with van der Waals surface area (Å²) < 4.78 is 31.9. The largest absolute Gasteiger partial charge is 0.454 e. The third-order valence-corrected chi connectivity index (χ3v) is 5.68. The van der Waals surface area contributed by atoms with Gasteiger partial charge in [0.2, 0.25) is 12.2 Å². The molecule has 0 spiro atoms. The van der Waals surface area contributed by atoms with Gasteiger partial charge >= 0.3 is 23.9 Å². The quantitative estimate of drug-likeness (QED) is 0.220. The van der Waals surface area contributed by atoms with E-state index < -0.39 is 60.1 Å². The van der Waals surface area contributed by atoms with Crippen molar-refractivity contribution in [2.75, 3.05) is 26.3 Å². The molecule has 14 heteroatoms. The van der Waals surface area contributed by atoms with Gasteiger partial charge in [-0.2, -0.15) is 0 Å². The Bertz CT molecular complexity index is 796. The SMILES string of the molecule is CC(=O)O[C@@H]([C@H](OC(C)=O)[C@@H](OC(C)=O)C(=O)NC[C@@H]1CCCO1)[C@H](OC(C)=O)C(=O)NC[C@@H]1CCCO1. The van der Waals surface area contributed by atoms with Gasteiger partial charge in [-0.1, -0.05) is 0 Å². The molecule has 38 heavy (non-hydrogen) atoms. The normalized spacial score (nSPS) is 21.8. The van der Waals surface area contributed by atoms with Gasteiger partial charge in [-0.25, -0.2) is 0 Å². The Balaban J connectivity index is 2.39. The summed E-state index contributed by atoms with van der Waals surface area (Å²) in [5.41, 5.74) is 0. The number of hydrogen-bond donors (Lipinski definition) is 2. The fourth-order valence-corrected chi connectivity index (χ4v) is 4.12. The Morgan fingerprint density at radius 3 is 1.24 bits per heavy atom. The van der Waals surface area contributed by atoms with Crippen molar-refractivity contribution in [2.45, 2.75) is 90.0 Å². The van der Waals surface area contributed by atoms with E-state index in [0.29, 0.717) is 26.1 Å². The summed E-state index contributed by atoms with van der Waals surface area (Å²) in [6.07, 6.45) is -4.99. The number of amides is 2. The lowest BCUT2D eigenvalue weighted by Gasteiger charge is -2.34. The molecule has 214 valence electrons. The number of carbonyl (C=O) groups excluding carboxylic acids is 6. The molecule has 0 aromatic heterocycles. The Labute approximate surface area is 220 Å². The van der Waals surface area contributed by atoms with E-state index in [1.807, 2.05) is 0 Å². The minimum absolute atomic E-state index is 0.0663. The smallest absolute Gasteiger partial charge is 0.303 e. The first kappa shape index (κ1) is 31.0. The fraction of sp³-hybridized carbons (Fsp3) is 0.750. The van der Waals surface area contributed by atoms with Gasteiger partial charge in [0.1, 0.15) is 0 Å². The summed E-state index contributed by atoms with van der Waals surface area (Å²) in [7, 11) is 0. The van der Waals surface area contributed by atoms with Crippen molar-refractivity contribution >= 4 is 35.7 Å². The van der Waals surface area contributed by atoms with Crippen LogP contribution >= 0.6 is 0 Å². The van der Waals surface area contributed by atoms with Crippen LogP contribution in [-0.4, -0.2) is 98.6 Å².